The second kappa shape index (κ2) is 8.28. The van der Waals surface area contributed by atoms with Crippen LogP contribution >= 0.6 is 0 Å². The molecular formula is C19H24N6O3. The van der Waals surface area contributed by atoms with Crippen molar-refractivity contribution >= 4 is 23.0 Å². The van der Waals surface area contributed by atoms with Crippen LogP contribution in [0.4, 0.5) is 6.01 Å². The van der Waals surface area contributed by atoms with Gasteiger partial charge in [-0.05, 0) is 30.9 Å². The third-order valence-electron chi connectivity index (χ3n) is 4.98. The van der Waals surface area contributed by atoms with Crippen molar-refractivity contribution in [1.29, 1.82) is 0 Å². The number of carbonyl (C=O) groups is 1. The number of hydrogen-bond acceptors (Lipinski definition) is 7. The van der Waals surface area contributed by atoms with Crippen LogP contribution in [0.25, 0.3) is 11.1 Å². The molecule has 0 aliphatic carbocycles. The molecule has 0 spiro atoms. The topological polar surface area (TPSA) is 98.3 Å². The number of ether oxygens (including phenoxy) is 1. The Hall–Kier alpha value is -3.10. The van der Waals surface area contributed by atoms with Gasteiger partial charge in [0.1, 0.15) is 23.9 Å². The molecule has 1 amide bonds. The number of benzene rings is 1. The van der Waals surface area contributed by atoms with Gasteiger partial charge in [-0.25, -0.2) is 4.98 Å². The Bertz CT molecular complexity index is 923. The van der Waals surface area contributed by atoms with Crippen molar-refractivity contribution in [2.45, 2.75) is 25.8 Å². The van der Waals surface area contributed by atoms with E-state index >= 15 is 0 Å². The summed E-state index contributed by atoms with van der Waals surface area (Å²) in [7, 11) is 1.63. The van der Waals surface area contributed by atoms with E-state index in [1.807, 2.05) is 18.2 Å². The van der Waals surface area contributed by atoms with Crippen LogP contribution in [0.1, 0.15) is 19.3 Å². The van der Waals surface area contributed by atoms with Crippen LogP contribution in [0.2, 0.25) is 0 Å². The van der Waals surface area contributed by atoms with Gasteiger partial charge in [0.25, 0.3) is 6.01 Å². The molecule has 1 atom stereocenters. The van der Waals surface area contributed by atoms with Gasteiger partial charge in [0.05, 0.1) is 13.7 Å². The maximum atomic E-state index is 12.3. The standard InChI is InChI=1S/C19H24N6O3/c1-27-15-4-5-17-16(10-15)23-19(28-17)24-7-2-3-14(11-24)9-18(26)21-6-8-25-13-20-12-22-25/h4-5,10,12-14H,2-3,6-9,11H2,1H3,(H,21,26). The molecule has 9 heteroatoms. The van der Waals surface area contributed by atoms with Gasteiger partial charge in [-0.2, -0.15) is 10.1 Å². The molecule has 3 aromatic rings. The molecule has 1 aliphatic heterocycles. The first-order valence-electron chi connectivity index (χ1n) is 9.50. The quantitative estimate of drug-likeness (QED) is 0.664. The molecule has 1 unspecified atom stereocenters. The molecule has 4 rings (SSSR count). The summed E-state index contributed by atoms with van der Waals surface area (Å²) < 4.78 is 12.9. The molecule has 28 heavy (non-hydrogen) atoms. The van der Waals surface area contributed by atoms with Gasteiger partial charge >= 0.3 is 0 Å². The minimum atomic E-state index is 0.0641. The summed E-state index contributed by atoms with van der Waals surface area (Å²) in [6.07, 6.45) is 5.67. The molecule has 0 bridgehead atoms. The summed E-state index contributed by atoms with van der Waals surface area (Å²) in [4.78, 5) is 22.9. The van der Waals surface area contributed by atoms with Crippen molar-refractivity contribution in [3.05, 3.63) is 30.9 Å². The highest BCUT2D eigenvalue weighted by Crippen LogP contribution is 2.29. The highest BCUT2D eigenvalue weighted by molar-refractivity contribution is 5.77. The summed E-state index contributed by atoms with van der Waals surface area (Å²) in [5, 5.41) is 6.98. The van der Waals surface area contributed by atoms with E-state index in [4.69, 9.17) is 9.15 Å². The summed E-state index contributed by atoms with van der Waals surface area (Å²) in [6, 6.07) is 6.21. The zero-order valence-electron chi connectivity index (χ0n) is 15.9. The minimum Gasteiger partial charge on any atom is -0.497 e. The van der Waals surface area contributed by atoms with Crippen molar-refractivity contribution in [3.8, 4) is 5.75 Å². The van der Waals surface area contributed by atoms with E-state index in [0.29, 0.717) is 25.5 Å². The number of rotatable bonds is 7. The van der Waals surface area contributed by atoms with Crippen molar-refractivity contribution in [2.24, 2.45) is 5.92 Å². The Kier molecular flexibility index (Phi) is 5.41. The lowest BCUT2D eigenvalue weighted by Gasteiger charge is -2.31. The predicted molar refractivity (Wildman–Crippen MR) is 103 cm³/mol. The smallest absolute Gasteiger partial charge is 0.298 e. The zero-order chi connectivity index (χ0) is 19.3. The number of aromatic nitrogens is 4. The van der Waals surface area contributed by atoms with Gasteiger partial charge in [0.2, 0.25) is 5.91 Å². The third kappa shape index (κ3) is 4.24. The van der Waals surface area contributed by atoms with Gasteiger partial charge in [-0.1, -0.05) is 0 Å². The van der Waals surface area contributed by atoms with E-state index in [2.05, 4.69) is 25.3 Å². The molecule has 0 saturated carbocycles. The second-order valence-corrected chi connectivity index (χ2v) is 7.00. The molecule has 148 valence electrons. The highest BCUT2D eigenvalue weighted by atomic mass is 16.5. The lowest BCUT2D eigenvalue weighted by molar-refractivity contribution is -0.122. The van der Waals surface area contributed by atoms with Crippen LogP contribution in [-0.2, 0) is 11.3 Å². The Labute approximate surface area is 162 Å². The minimum absolute atomic E-state index is 0.0641. The number of amides is 1. The molecule has 1 fully saturated rings. The Morgan fingerprint density at radius 1 is 1.43 bits per heavy atom. The van der Waals surface area contributed by atoms with Crippen molar-refractivity contribution < 1.29 is 13.9 Å². The normalized spacial score (nSPS) is 17.0. The number of methoxy groups -OCH3 is 1. The molecule has 9 nitrogen and oxygen atoms in total. The predicted octanol–water partition coefficient (Wildman–Crippen LogP) is 1.85. The van der Waals surface area contributed by atoms with Gasteiger partial charge in [0, 0.05) is 32.1 Å². The lowest BCUT2D eigenvalue weighted by Crippen LogP contribution is -2.38. The number of hydrogen-bond donors (Lipinski definition) is 1. The van der Waals surface area contributed by atoms with E-state index in [9.17, 15) is 4.79 Å². The average molecular weight is 384 g/mol. The Morgan fingerprint density at radius 3 is 3.18 bits per heavy atom. The highest BCUT2D eigenvalue weighted by Gasteiger charge is 2.25. The Balaban J connectivity index is 1.31. The number of anilines is 1. The molecule has 1 aromatic carbocycles. The van der Waals surface area contributed by atoms with E-state index in [1.165, 1.54) is 6.33 Å². The van der Waals surface area contributed by atoms with Crippen LogP contribution in [0.15, 0.2) is 35.3 Å². The van der Waals surface area contributed by atoms with E-state index in [-0.39, 0.29) is 11.8 Å². The number of carbonyl (C=O) groups excluding carboxylic acids is 1. The fourth-order valence-electron chi connectivity index (χ4n) is 3.56. The summed E-state index contributed by atoms with van der Waals surface area (Å²) >= 11 is 0. The average Bonchev–Trinajstić information content (AvgIpc) is 3.37. The van der Waals surface area contributed by atoms with Crippen LogP contribution in [-0.4, -0.2) is 52.4 Å². The summed E-state index contributed by atoms with van der Waals surface area (Å²) in [5.74, 6) is 1.10. The molecule has 1 saturated heterocycles. The van der Waals surface area contributed by atoms with Gasteiger partial charge < -0.3 is 19.4 Å². The Morgan fingerprint density at radius 2 is 2.36 bits per heavy atom. The first kappa shape index (κ1) is 18.3. The van der Waals surface area contributed by atoms with Crippen LogP contribution < -0.4 is 15.0 Å². The second-order valence-electron chi connectivity index (χ2n) is 7.00. The van der Waals surface area contributed by atoms with Crippen LogP contribution in [0, 0.1) is 5.92 Å². The van der Waals surface area contributed by atoms with E-state index in [1.54, 1.807) is 18.1 Å². The van der Waals surface area contributed by atoms with Crippen molar-refractivity contribution in [3.63, 3.8) is 0 Å². The van der Waals surface area contributed by atoms with Gasteiger partial charge in [0.15, 0.2) is 5.58 Å². The van der Waals surface area contributed by atoms with Crippen molar-refractivity contribution in [1.82, 2.24) is 25.1 Å². The number of oxazole rings is 1. The molecule has 0 radical (unpaired) electrons. The lowest BCUT2D eigenvalue weighted by atomic mass is 9.95. The van der Waals surface area contributed by atoms with Crippen molar-refractivity contribution in [2.75, 3.05) is 31.6 Å². The molecule has 3 heterocycles. The number of fused-ring (bicyclic) bond motifs is 1. The fraction of sp³-hybridized carbons (Fsp3) is 0.474. The number of nitrogens with zero attached hydrogens (tertiary/aromatic N) is 5. The molecule has 1 aliphatic rings. The molecular weight excluding hydrogens is 360 g/mol. The van der Waals surface area contributed by atoms with Crippen LogP contribution in [0.5, 0.6) is 5.75 Å². The molecule has 1 N–H and O–H groups in total. The van der Waals surface area contributed by atoms with Crippen LogP contribution in [0.3, 0.4) is 0 Å². The summed E-state index contributed by atoms with van der Waals surface area (Å²) in [6.45, 7) is 2.81. The monoisotopic (exact) mass is 384 g/mol. The maximum Gasteiger partial charge on any atom is 0.298 e. The molecule has 2 aromatic heterocycles. The zero-order valence-corrected chi connectivity index (χ0v) is 15.9. The summed E-state index contributed by atoms with van der Waals surface area (Å²) in [5.41, 5.74) is 1.52. The first-order valence-corrected chi connectivity index (χ1v) is 9.50. The third-order valence-corrected chi connectivity index (χ3v) is 4.98. The number of nitrogens with one attached hydrogen (secondary N) is 1. The van der Waals surface area contributed by atoms with E-state index in [0.717, 1.165) is 42.8 Å². The van der Waals surface area contributed by atoms with Gasteiger partial charge in [-0.15, -0.1) is 0 Å². The first-order chi connectivity index (χ1) is 13.7. The largest absolute Gasteiger partial charge is 0.497 e. The number of piperidine rings is 1. The fourth-order valence-corrected chi connectivity index (χ4v) is 3.56. The SMILES string of the molecule is COc1ccc2oc(N3CCCC(CC(=O)NCCn4cncn4)C3)nc2c1. The van der Waals surface area contributed by atoms with E-state index < -0.39 is 0 Å². The maximum absolute atomic E-state index is 12.3. The van der Waals surface area contributed by atoms with Gasteiger partial charge in [-0.3, -0.25) is 9.48 Å².